The number of aryl methyl sites for hydroxylation is 1. The van der Waals surface area contributed by atoms with Crippen molar-refractivity contribution in [3.63, 3.8) is 0 Å². The van der Waals surface area contributed by atoms with Gasteiger partial charge in [0.05, 0.1) is 14.6 Å². The molecule has 0 heterocycles. The summed E-state index contributed by atoms with van der Waals surface area (Å²) in [4.78, 5) is 4.40. The van der Waals surface area contributed by atoms with Gasteiger partial charge in [0.2, 0.25) is 0 Å². The van der Waals surface area contributed by atoms with Gasteiger partial charge in [-0.25, -0.2) is 0 Å². The highest BCUT2D eigenvalue weighted by atomic mass is 79.9. The van der Waals surface area contributed by atoms with Gasteiger partial charge < -0.3 is 4.18 Å². The second kappa shape index (κ2) is 9.18. The third-order valence-electron chi connectivity index (χ3n) is 3.83. The van der Waals surface area contributed by atoms with Gasteiger partial charge in [-0.1, -0.05) is 29.3 Å². The quantitative estimate of drug-likeness (QED) is 0.235. The maximum atomic E-state index is 12.5. The average molecular weight is 578 g/mol. The summed E-state index contributed by atoms with van der Waals surface area (Å²) in [5.74, 6) is 0.135. The second-order valence-corrected chi connectivity index (χ2v) is 10.1. The highest BCUT2D eigenvalue weighted by Crippen LogP contribution is 2.36. The lowest BCUT2D eigenvalue weighted by Crippen LogP contribution is -2.10. The van der Waals surface area contributed by atoms with Crippen molar-refractivity contribution in [1.82, 2.24) is 0 Å². The molecule has 0 unspecified atom stereocenters. The van der Waals surface area contributed by atoms with Crippen LogP contribution in [0.5, 0.6) is 5.75 Å². The van der Waals surface area contributed by atoms with Crippen LogP contribution >= 0.6 is 55.1 Å². The van der Waals surface area contributed by atoms with E-state index in [2.05, 4.69) is 36.9 Å². The fourth-order valence-corrected chi connectivity index (χ4v) is 5.17. The van der Waals surface area contributed by atoms with Crippen molar-refractivity contribution in [3.8, 4) is 5.75 Å². The van der Waals surface area contributed by atoms with E-state index in [0.29, 0.717) is 24.7 Å². The molecule has 0 aliphatic heterocycles. The van der Waals surface area contributed by atoms with Gasteiger partial charge in [0.25, 0.3) is 0 Å². The molecule has 0 N–H and O–H groups in total. The van der Waals surface area contributed by atoms with Gasteiger partial charge >= 0.3 is 10.1 Å². The Hall–Kier alpha value is -1.38. The van der Waals surface area contributed by atoms with E-state index in [-0.39, 0.29) is 10.6 Å². The lowest BCUT2D eigenvalue weighted by atomic mass is 10.2. The van der Waals surface area contributed by atoms with Gasteiger partial charge in [0, 0.05) is 16.3 Å². The lowest BCUT2D eigenvalue weighted by molar-refractivity contribution is 0.483. The average Bonchev–Trinajstić information content (AvgIpc) is 2.66. The summed E-state index contributed by atoms with van der Waals surface area (Å²) in [6.07, 6.45) is 1.65. The third-order valence-corrected chi connectivity index (χ3v) is 6.91. The number of rotatable bonds is 5. The molecule has 0 bridgehead atoms. The number of nitrogens with zero attached hydrogens (tertiary/aromatic N) is 1. The molecule has 0 fully saturated rings. The van der Waals surface area contributed by atoms with Crippen molar-refractivity contribution in [3.05, 3.63) is 84.7 Å². The monoisotopic (exact) mass is 575 g/mol. The van der Waals surface area contributed by atoms with Gasteiger partial charge in [-0.05, 0) is 98.4 Å². The molecule has 150 valence electrons. The normalized spacial score (nSPS) is 11.8. The topological polar surface area (TPSA) is 55.7 Å². The number of hydrogen-bond donors (Lipinski definition) is 0. The molecule has 4 nitrogen and oxygen atoms in total. The Labute approximate surface area is 195 Å². The minimum absolute atomic E-state index is 0.00240. The molecule has 0 spiro atoms. The van der Waals surface area contributed by atoms with Crippen molar-refractivity contribution in [1.29, 1.82) is 0 Å². The number of aliphatic imine (C=N–C) groups is 1. The highest BCUT2D eigenvalue weighted by Gasteiger charge is 2.20. The first-order valence-corrected chi connectivity index (χ1v) is 11.9. The molecule has 0 aromatic heterocycles. The first kappa shape index (κ1) is 22.3. The summed E-state index contributed by atoms with van der Waals surface area (Å²) in [5.41, 5.74) is 2.41. The maximum Gasteiger partial charge on any atom is 0.339 e. The van der Waals surface area contributed by atoms with Crippen LogP contribution in [-0.2, 0) is 10.1 Å². The molecule has 9 heteroatoms. The van der Waals surface area contributed by atoms with Crippen LogP contribution in [0.3, 0.4) is 0 Å². The Morgan fingerprint density at radius 2 is 1.59 bits per heavy atom. The van der Waals surface area contributed by atoms with E-state index >= 15 is 0 Å². The first-order valence-electron chi connectivity index (χ1n) is 8.15. The van der Waals surface area contributed by atoms with Crippen molar-refractivity contribution < 1.29 is 12.6 Å². The molecular formula is C20H13Br2Cl2NO3S. The Bertz CT molecular complexity index is 1170. The Kier molecular flexibility index (Phi) is 7.06. The highest BCUT2D eigenvalue weighted by molar-refractivity contribution is 9.11. The predicted molar refractivity (Wildman–Crippen MR) is 125 cm³/mol. The van der Waals surface area contributed by atoms with Crippen LogP contribution in [0, 0.1) is 6.92 Å². The second-order valence-electron chi connectivity index (χ2n) is 6.00. The van der Waals surface area contributed by atoms with Gasteiger partial charge in [-0.3, -0.25) is 4.99 Å². The summed E-state index contributed by atoms with van der Waals surface area (Å²) >= 11 is 18.6. The lowest BCUT2D eigenvalue weighted by Gasteiger charge is -2.11. The SMILES string of the molecule is Cc1ccc(N=Cc2cc(Br)c(OS(=O)(=O)c3ccc(Cl)cc3)c(Br)c2)cc1Cl. The number of benzene rings is 3. The molecule has 0 aliphatic rings. The molecule has 0 atom stereocenters. The van der Waals surface area contributed by atoms with Crippen LogP contribution in [0.2, 0.25) is 10.0 Å². The first-order chi connectivity index (χ1) is 13.7. The van der Waals surface area contributed by atoms with Crippen molar-refractivity contribution >= 4 is 77.1 Å². The van der Waals surface area contributed by atoms with E-state index in [1.165, 1.54) is 24.3 Å². The Morgan fingerprint density at radius 1 is 0.966 bits per heavy atom. The fraction of sp³-hybridized carbons (Fsp3) is 0.0500. The number of halogens is 4. The fourth-order valence-electron chi connectivity index (χ4n) is 2.30. The molecule has 0 saturated carbocycles. The van der Waals surface area contributed by atoms with Crippen molar-refractivity contribution in [2.24, 2.45) is 4.99 Å². The molecule has 0 saturated heterocycles. The van der Waals surface area contributed by atoms with Crippen LogP contribution in [0.4, 0.5) is 5.69 Å². The van der Waals surface area contributed by atoms with E-state index in [9.17, 15) is 8.42 Å². The molecule has 0 amide bonds. The zero-order valence-corrected chi connectivity index (χ0v) is 20.4. The van der Waals surface area contributed by atoms with E-state index < -0.39 is 10.1 Å². The van der Waals surface area contributed by atoms with Crippen LogP contribution in [0.25, 0.3) is 0 Å². The molecule has 3 aromatic carbocycles. The van der Waals surface area contributed by atoms with E-state index in [1.54, 1.807) is 24.4 Å². The molecule has 0 aliphatic carbocycles. The summed E-state index contributed by atoms with van der Waals surface area (Å²) in [7, 11) is -4.02. The van der Waals surface area contributed by atoms with E-state index in [4.69, 9.17) is 27.4 Å². The van der Waals surface area contributed by atoms with Crippen LogP contribution < -0.4 is 4.18 Å². The molecule has 0 radical (unpaired) electrons. The zero-order valence-electron chi connectivity index (χ0n) is 14.9. The van der Waals surface area contributed by atoms with Crippen molar-refractivity contribution in [2.75, 3.05) is 0 Å². The maximum absolute atomic E-state index is 12.5. The summed E-state index contributed by atoms with van der Waals surface area (Å²) in [5, 5.41) is 1.07. The van der Waals surface area contributed by atoms with Crippen LogP contribution in [0.15, 0.2) is 73.4 Å². The van der Waals surface area contributed by atoms with Crippen molar-refractivity contribution in [2.45, 2.75) is 11.8 Å². The van der Waals surface area contributed by atoms with E-state index in [1.807, 2.05) is 19.1 Å². The van der Waals surface area contributed by atoms with Gasteiger partial charge in [-0.2, -0.15) is 8.42 Å². The smallest absolute Gasteiger partial charge is 0.339 e. The summed E-state index contributed by atoms with van der Waals surface area (Å²) in [6, 6.07) is 14.7. The Morgan fingerprint density at radius 3 is 2.17 bits per heavy atom. The van der Waals surface area contributed by atoms with Gasteiger partial charge in [0.15, 0.2) is 5.75 Å². The van der Waals surface area contributed by atoms with Crippen LogP contribution in [-0.4, -0.2) is 14.6 Å². The largest absolute Gasteiger partial charge is 0.377 e. The third kappa shape index (κ3) is 5.61. The zero-order chi connectivity index (χ0) is 21.2. The van der Waals surface area contributed by atoms with Gasteiger partial charge in [0.1, 0.15) is 4.90 Å². The van der Waals surface area contributed by atoms with Crippen LogP contribution in [0.1, 0.15) is 11.1 Å². The predicted octanol–water partition coefficient (Wildman–Crippen LogP) is 7.35. The number of hydrogen-bond acceptors (Lipinski definition) is 4. The molecule has 3 rings (SSSR count). The minimum atomic E-state index is -4.02. The van der Waals surface area contributed by atoms with Gasteiger partial charge in [-0.15, -0.1) is 0 Å². The van der Waals surface area contributed by atoms with E-state index in [0.717, 1.165) is 11.1 Å². The standard InChI is InChI=1S/C20H13Br2Cl2NO3S/c1-12-2-5-15(10-19(12)24)25-11-13-8-17(21)20(18(22)9-13)28-29(26,27)16-6-3-14(23)4-7-16/h2-11H,1H3. The summed E-state index contributed by atoms with van der Waals surface area (Å²) < 4.78 is 31.3. The molecular weight excluding hydrogens is 565 g/mol. The molecule has 29 heavy (non-hydrogen) atoms. The summed E-state index contributed by atoms with van der Waals surface area (Å²) in [6.45, 7) is 1.92. The Balaban J connectivity index is 1.86. The minimum Gasteiger partial charge on any atom is -0.377 e. The molecule has 3 aromatic rings.